The molecule has 2 aromatic rings. The van der Waals surface area contributed by atoms with Crippen molar-refractivity contribution >= 4 is 50.6 Å². The molecule has 110 valence electrons. The standard InChI is InChI=1S/C11H7ClN2O5S2/c12-11-9(14(16)17)5-10(20-11)21(18,19)13-8-3-1-7(6-15)2-4-8/h1-6,13H. The van der Waals surface area contributed by atoms with Crippen molar-refractivity contribution in [1.82, 2.24) is 0 Å². The van der Waals surface area contributed by atoms with E-state index in [9.17, 15) is 23.3 Å². The van der Waals surface area contributed by atoms with E-state index in [1.807, 2.05) is 0 Å². The lowest BCUT2D eigenvalue weighted by molar-refractivity contribution is -0.384. The Kier molecular flexibility index (Phi) is 4.26. The molecule has 1 N–H and O–H groups in total. The van der Waals surface area contributed by atoms with E-state index >= 15 is 0 Å². The van der Waals surface area contributed by atoms with Crippen LogP contribution in [0.5, 0.6) is 0 Å². The Morgan fingerprint density at radius 2 is 1.90 bits per heavy atom. The summed E-state index contributed by atoms with van der Waals surface area (Å²) in [6.45, 7) is 0. The summed E-state index contributed by atoms with van der Waals surface area (Å²) in [5.41, 5.74) is 0.166. The predicted octanol–water partition coefficient (Wildman–Crippen LogP) is 2.92. The molecule has 0 bridgehead atoms. The lowest BCUT2D eigenvalue weighted by Gasteiger charge is -2.05. The first-order valence-corrected chi connectivity index (χ1v) is 8.03. The summed E-state index contributed by atoms with van der Waals surface area (Å²) in [6, 6.07) is 6.59. The molecule has 21 heavy (non-hydrogen) atoms. The van der Waals surface area contributed by atoms with E-state index in [2.05, 4.69) is 4.72 Å². The van der Waals surface area contributed by atoms with E-state index < -0.39 is 20.6 Å². The van der Waals surface area contributed by atoms with Crippen LogP contribution in [0.2, 0.25) is 4.34 Å². The second kappa shape index (κ2) is 5.80. The number of benzene rings is 1. The monoisotopic (exact) mass is 346 g/mol. The van der Waals surface area contributed by atoms with Gasteiger partial charge >= 0.3 is 0 Å². The number of anilines is 1. The van der Waals surface area contributed by atoms with Crippen molar-refractivity contribution < 1.29 is 18.1 Å². The van der Waals surface area contributed by atoms with Crippen LogP contribution in [0.25, 0.3) is 0 Å². The minimum absolute atomic E-state index is 0.211. The van der Waals surface area contributed by atoms with Crippen molar-refractivity contribution in [2.75, 3.05) is 4.72 Å². The van der Waals surface area contributed by atoms with E-state index in [1.54, 1.807) is 0 Å². The number of thiophene rings is 1. The molecular formula is C11H7ClN2O5S2. The first-order valence-electron chi connectivity index (χ1n) is 5.35. The minimum atomic E-state index is -3.98. The molecule has 0 unspecified atom stereocenters. The number of rotatable bonds is 5. The third kappa shape index (κ3) is 3.38. The van der Waals surface area contributed by atoms with Crippen LogP contribution in [0, 0.1) is 10.1 Å². The van der Waals surface area contributed by atoms with Crippen LogP contribution in [-0.2, 0) is 10.0 Å². The van der Waals surface area contributed by atoms with Gasteiger partial charge in [0.1, 0.15) is 10.5 Å². The van der Waals surface area contributed by atoms with Crippen molar-refractivity contribution in [1.29, 1.82) is 0 Å². The Morgan fingerprint density at radius 3 is 2.38 bits per heavy atom. The number of carbonyl (C=O) groups is 1. The largest absolute Gasteiger partial charge is 0.300 e. The Morgan fingerprint density at radius 1 is 1.29 bits per heavy atom. The zero-order valence-corrected chi connectivity index (χ0v) is 12.5. The molecule has 10 heteroatoms. The first kappa shape index (κ1) is 15.4. The Balaban J connectivity index is 2.31. The molecular weight excluding hydrogens is 340 g/mol. The number of hydrogen-bond donors (Lipinski definition) is 1. The fourth-order valence-corrected chi connectivity index (χ4v) is 4.15. The molecule has 2 rings (SSSR count). The van der Waals surface area contributed by atoms with Crippen molar-refractivity contribution in [2.45, 2.75) is 4.21 Å². The summed E-state index contributed by atoms with van der Waals surface area (Å²) in [6.07, 6.45) is 0.626. The van der Waals surface area contributed by atoms with Crippen molar-refractivity contribution in [3.8, 4) is 0 Å². The molecule has 0 radical (unpaired) electrons. The van der Waals surface area contributed by atoms with Gasteiger partial charge in [0.25, 0.3) is 15.7 Å². The topological polar surface area (TPSA) is 106 Å². The molecule has 0 atom stereocenters. The highest BCUT2D eigenvalue weighted by Crippen LogP contribution is 2.36. The molecule has 0 fully saturated rings. The quantitative estimate of drug-likeness (QED) is 0.509. The Bertz CT molecular complexity index is 799. The summed E-state index contributed by atoms with van der Waals surface area (Å²) in [4.78, 5) is 20.4. The van der Waals surface area contributed by atoms with Gasteiger partial charge < -0.3 is 0 Å². The Labute approximate surface area is 128 Å². The fraction of sp³-hybridized carbons (Fsp3) is 0. The molecule has 1 heterocycles. The number of nitro groups is 1. The smallest absolute Gasteiger partial charge is 0.298 e. The predicted molar refractivity (Wildman–Crippen MR) is 78.6 cm³/mol. The summed E-state index contributed by atoms with van der Waals surface area (Å²) in [5, 5.41) is 10.7. The maximum atomic E-state index is 12.1. The second-order valence-electron chi connectivity index (χ2n) is 3.83. The summed E-state index contributed by atoms with van der Waals surface area (Å²) in [5.74, 6) is 0. The zero-order valence-electron chi connectivity index (χ0n) is 10.1. The average Bonchev–Trinajstić information content (AvgIpc) is 2.82. The van der Waals surface area contributed by atoms with E-state index in [1.165, 1.54) is 24.3 Å². The van der Waals surface area contributed by atoms with Crippen LogP contribution in [0.3, 0.4) is 0 Å². The van der Waals surface area contributed by atoms with E-state index in [0.717, 1.165) is 6.07 Å². The number of carbonyl (C=O) groups excluding carboxylic acids is 1. The maximum Gasteiger partial charge on any atom is 0.300 e. The number of halogens is 1. The van der Waals surface area contributed by atoms with Gasteiger partial charge in [-0.25, -0.2) is 8.42 Å². The molecule has 0 aliphatic heterocycles. The van der Waals surface area contributed by atoms with Crippen LogP contribution in [0.1, 0.15) is 10.4 Å². The molecule has 0 spiro atoms. The van der Waals surface area contributed by atoms with Gasteiger partial charge in [0, 0.05) is 17.3 Å². The van der Waals surface area contributed by atoms with Gasteiger partial charge in [-0.15, -0.1) is 11.3 Å². The number of sulfonamides is 1. The van der Waals surface area contributed by atoms with Crippen LogP contribution >= 0.6 is 22.9 Å². The molecule has 0 saturated carbocycles. The SMILES string of the molecule is O=Cc1ccc(NS(=O)(=O)c2cc([N+](=O)[O-])c(Cl)s2)cc1. The average molecular weight is 347 g/mol. The van der Waals surface area contributed by atoms with Crippen molar-refractivity contribution in [3.63, 3.8) is 0 Å². The number of nitrogens with one attached hydrogen (secondary N) is 1. The van der Waals surface area contributed by atoms with Crippen LogP contribution in [-0.4, -0.2) is 19.6 Å². The summed E-state index contributed by atoms with van der Waals surface area (Å²) >= 11 is 6.23. The second-order valence-corrected chi connectivity index (χ2v) is 7.39. The van der Waals surface area contributed by atoms with Gasteiger partial charge in [-0.05, 0) is 24.3 Å². The van der Waals surface area contributed by atoms with Crippen LogP contribution < -0.4 is 4.72 Å². The lowest BCUT2D eigenvalue weighted by atomic mass is 10.2. The minimum Gasteiger partial charge on any atom is -0.298 e. The molecule has 1 aromatic heterocycles. The van der Waals surface area contributed by atoms with Gasteiger partial charge in [0.15, 0.2) is 4.34 Å². The number of hydrogen-bond acceptors (Lipinski definition) is 6. The lowest BCUT2D eigenvalue weighted by Crippen LogP contribution is -2.11. The van der Waals surface area contributed by atoms with Gasteiger partial charge in [-0.3, -0.25) is 19.6 Å². The van der Waals surface area contributed by atoms with Gasteiger partial charge in [0.05, 0.1) is 4.92 Å². The highest BCUT2D eigenvalue weighted by molar-refractivity contribution is 7.94. The third-order valence-corrected chi connectivity index (χ3v) is 5.60. The van der Waals surface area contributed by atoms with Gasteiger partial charge in [-0.2, -0.15) is 0 Å². The zero-order chi connectivity index (χ0) is 15.6. The normalized spacial score (nSPS) is 11.1. The molecule has 0 aliphatic rings. The fourth-order valence-electron chi connectivity index (χ4n) is 1.43. The molecule has 0 saturated heterocycles. The number of aldehydes is 1. The van der Waals surface area contributed by atoms with Crippen LogP contribution in [0.15, 0.2) is 34.5 Å². The van der Waals surface area contributed by atoms with E-state index in [4.69, 9.17) is 11.6 Å². The highest BCUT2D eigenvalue weighted by Gasteiger charge is 2.25. The maximum absolute atomic E-state index is 12.1. The van der Waals surface area contributed by atoms with E-state index in [0.29, 0.717) is 23.2 Å². The molecule has 7 nitrogen and oxygen atoms in total. The Hall–Kier alpha value is -1.97. The molecule has 0 amide bonds. The number of nitrogens with zero attached hydrogens (tertiary/aromatic N) is 1. The first-order chi connectivity index (χ1) is 9.83. The molecule has 1 aromatic carbocycles. The van der Waals surface area contributed by atoms with Crippen LogP contribution in [0.4, 0.5) is 11.4 Å². The van der Waals surface area contributed by atoms with E-state index in [-0.39, 0.29) is 14.2 Å². The van der Waals surface area contributed by atoms with Gasteiger partial charge in [0.2, 0.25) is 0 Å². The third-order valence-electron chi connectivity index (χ3n) is 2.41. The summed E-state index contributed by atoms with van der Waals surface area (Å²) < 4.78 is 26.0. The van der Waals surface area contributed by atoms with Crippen molar-refractivity contribution in [2.24, 2.45) is 0 Å². The van der Waals surface area contributed by atoms with Gasteiger partial charge in [-0.1, -0.05) is 11.6 Å². The highest BCUT2D eigenvalue weighted by atomic mass is 35.5. The summed E-state index contributed by atoms with van der Waals surface area (Å²) in [7, 11) is -3.98. The molecule has 0 aliphatic carbocycles. The van der Waals surface area contributed by atoms with Crippen molar-refractivity contribution in [3.05, 3.63) is 50.3 Å².